The molecule has 0 radical (unpaired) electrons. The van der Waals surface area contributed by atoms with E-state index in [2.05, 4.69) is 54.0 Å². The molecule has 0 spiro atoms. The van der Waals surface area contributed by atoms with Crippen LogP contribution >= 0.6 is 0 Å². The fourth-order valence-corrected chi connectivity index (χ4v) is 3.64. The van der Waals surface area contributed by atoms with Crippen LogP contribution in [0.5, 0.6) is 5.75 Å². The Morgan fingerprint density at radius 3 is 2.40 bits per heavy atom. The average Bonchev–Trinajstić information content (AvgIpc) is 3.16. The van der Waals surface area contributed by atoms with Crippen LogP contribution in [0.15, 0.2) is 72.8 Å². The molecule has 154 valence electrons. The number of benzene rings is 3. The number of hydrogen-bond donors (Lipinski definition) is 1. The van der Waals surface area contributed by atoms with Crippen LogP contribution in [0.4, 0.5) is 0 Å². The van der Waals surface area contributed by atoms with Crippen molar-refractivity contribution in [2.24, 2.45) is 0 Å². The van der Waals surface area contributed by atoms with Crippen molar-refractivity contribution < 1.29 is 9.84 Å². The summed E-state index contributed by atoms with van der Waals surface area (Å²) in [7, 11) is 0. The lowest BCUT2D eigenvalue weighted by molar-refractivity contribution is 0.273. The molecular formula is C26H28N2O2. The number of aliphatic hydroxyl groups is 1. The molecule has 0 amide bonds. The van der Waals surface area contributed by atoms with E-state index in [0.717, 1.165) is 59.5 Å². The van der Waals surface area contributed by atoms with E-state index < -0.39 is 0 Å². The number of aryl methyl sites for hydroxylation is 1. The number of imidazole rings is 1. The summed E-state index contributed by atoms with van der Waals surface area (Å²) in [5.74, 6) is 1.79. The number of unbranched alkanes of at least 4 members (excludes halogenated alkanes) is 3. The van der Waals surface area contributed by atoms with Crippen molar-refractivity contribution in [1.82, 2.24) is 9.55 Å². The number of para-hydroxylation sites is 1. The first-order chi connectivity index (χ1) is 14.8. The monoisotopic (exact) mass is 400 g/mol. The Morgan fingerprint density at radius 1 is 0.867 bits per heavy atom. The van der Waals surface area contributed by atoms with Gasteiger partial charge < -0.3 is 9.84 Å². The van der Waals surface area contributed by atoms with Gasteiger partial charge in [-0.2, -0.15) is 0 Å². The molecule has 0 bridgehead atoms. The number of aliphatic hydroxyl groups excluding tert-OH is 1. The molecule has 0 atom stereocenters. The van der Waals surface area contributed by atoms with Crippen LogP contribution in [0.25, 0.3) is 28.1 Å². The summed E-state index contributed by atoms with van der Waals surface area (Å²) < 4.78 is 8.21. The molecule has 0 fully saturated rings. The molecule has 4 heteroatoms. The maximum Gasteiger partial charge on any atom is 0.145 e. The topological polar surface area (TPSA) is 47.3 Å². The Bertz CT molecular complexity index is 1090. The number of fused-ring (bicyclic) bond motifs is 1. The largest absolute Gasteiger partial charge is 0.494 e. The van der Waals surface area contributed by atoms with Gasteiger partial charge in [-0.25, -0.2) is 4.98 Å². The Hall–Kier alpha value is -3.11. The van der Waals surface area contributed by atoms with Gasteiger partial charge in [0.25, 0.3) is 0 Å². The van der Waals surface area contributed by atoms with Gasteiger partial charge >= 0.3 is 0 Å². The van der Waals surface area contributed by atoms with Crippen molar-refractivity contribution in [1.29, 1.82) is 0 Å². The Kier molecular flexibility index (Phi) is 6.45. The Morgan fingerprint density at radius 2 is 1.63 bits per heavy atom. The molecule has 1 aromatic heterocycles. The van der Waals surface area contributed by atoms with Crippen LogP contribution in [0.1, 0.15) is 31.2 Å². The van der Waals surface area contributed by atoms with Crippen molar-refractivity contribution in [2.45, 2.75) is 32.6 Å². The third-order valence-corrected chi connectivity index (χ3v) is 5.27. The lowest BCUT2D eigenvalue weighted by Crippen LogP contribution is -1.99. The first-order valence-electron chi connectivity index (χ1n) is 10.6. The van der Waals surface area contributed by atoms with E-state index in [1.807, 2.05) is 30.3 Å². The highest BCUT2D eigenvalue weighted by Crippen LogP contribution is 2.31. The van der Waals surface area contributed by atoms with Gasteiger partial charge in [0, 0.05) is 23.9 Å². The summed E-state index contributed by atoms with van der Waals surface area (Å²) >= 11 is 0. The molecule has 0 saturated carbocycles. The predicted octanol–water partition coefficient (Wildman–Crippen LogP) is 5.93. The van der Waals surface area contributed by atoms with Gasteiger partial charge in [-0.3, -0.25) is 4.57 Å². The van der Waals surface area contributed by atoms with Crippen LogP contribution < -0.4 is 4.74 Å². The van der Waals surface area contributed by atoms with Crippen molar-refractivity contribution >= 4 is 11.0 Å². The average molecular weight is 401 g/mol. The first-order valence-corrected chi connectivity index (χ1v) is 10.6. The van der Waals surface area contributed by atoms with Gasteiger partial charge in [0.2, 0.25) is 0 Å². The van der Waals surface area contributed by atoms with E-state index in [0.29, 0.717) is 6.61 Å². The molecule has 0 aliphatic heterocycles. The third kappa shape index (κ3) is 4.55. The van der Waals surface area contributed by atoms with Crippen LogP contribution in [0, 0.1) is 6.92 Å². The number of nitrogens with zero attached hydrogens (tertiary/aromatic N) is 2. The summed E-state index contributed by atoms with van der Waals surface area (Å²) in [6.07, 6.45) is 3.97. The van der Waals surface area contributed by atoms with Gasteiger partial charge in [-0.1, -0.05) is 54.4 Å². The summed E-state index contributed by atoms with van der Waals surface area (Å²) in [4.78, 5) is 4.94. The van der Waals surface area contributed by atoms with Gasteiger partial charge in [0.1, 0.15) is 11.6 Å². The summed E-state index contributed by atoms with van der Waals surface area (Å²) in [5, 5.41) is 8.88. The second-order valence-electron chi connectivity index (χ2n) is 7.61. The standard InChI is InChI=1S/C26H28N2O2/c1-20-11-13-21(14-12-20)26-27-24-16-15-23(30-18-8-3-2-7-17-29)19-25(24)28(26)22-9-5-4-6-10-22/h4-6,9-16,19,29H,2-3,7-8,17-18H2,1H3. The number of hydrogen-bond acceptors (Lipinski definition) is 3. The molecule has 0 aliphatic carbocycles. The lowest BCUT2D eigenvalue weighted by atomic mass is 10.1. The SMILES string of the molecule is Cc1ccc(-c2nc3ccc(OCCCCCCO)cc3n2-c2ccccc2)cc1. The van der Waals surface area contributed by atoms with Crippen LogP contribution in [0.3, 0.4) is 0 Å². The summed E-state index contributed by atoms with van der Waals surface area (Å²) in [5.41, 5.74) is 5.39. The normalized spacial score (nSPS) is 11.1. The maximum atomic E-state index is 8.88. The van der Waals surface area contributed by atoms with Crippen molar-refractivity contribution in [3.8, 4) is 22.8 Å². The fourth-order valence-electron chi connectivity index (χ4n) is 3.64. The quantitative estimate of drug-likeness (QED) is 0.354. The molecular weight excluding hydrogens is 372 g/mol. The predicted molar refractivity (Wildman–Crippen MR) is 122 cm³/mol. The van der Waals surface area contributed by atoms with E-state index in [1.165, 1.54) is 5.56 Å². The Labute approximate surface area is 177 Å². The molecule has 1 N–H and O–H groups in total. The maximum absolute atomic E-state index is 8.88. The van der Waals surface area contributed by atoms with E-state index in [9.17, 15) is 0 Å². The molecule has 3 aromatic carbocycles. The highest BCUT2D eigenvalue weighted by molar-refractivity contribution is 5.84. The van der Waals surface area contributed by atoms with Crippen LogP contribution in [-0.4, -0.2) is 27.9 Å². The zero-order valence-electron chi connectivity index (χ0n) is 17.4. The van der Waals surface area contributed by atoms with Crippen LogP contribution in [0.2, 0.25) is 0 Å². The number of aromatic nitrogens is 2. The van der Waals surface area contributed by atoms with Gasteiger partial charge in [0.15, 0.2) is 0 Å². The van der Waals surface area contributed by atoms with Crippen molar-refractivity contribution in [3.63, 3.8) is 0 Å². The first kappa shape index (κ1) is 20.2. The van der Waals surface area contributed by atoms with E-state index in [4.69, 9.17) is 14.8 Å². The number of ether oxygens (including phenoxy) is 1. The number of rotatable bonds is 9. The van der Waals surface area contributed by atoms with Gasteiger partial charge in [0.05, 0.1) is 17.6 Å². The molecule has 4 rings (SSSR count). The lowest BCUT2D eigenvalue weighted by Gasteiger charge is -2.11. The molecule has 0 saturated heterocycles. The smallest absolute Gasteiger partial charge is 0.145 e. The molecule has 0 unspecified atom stereocenters. The van der Waals surface area contributed by atoms with E-state index >= 15 is 0 Å². The molecule has 1 heterocycles. The zero-order chi connectivity index (χ0) is 20.8. The highest BCUT2D eigenvalue weighted by Gasteiger charge is 2.15. The van der Waals surface area contributed by atoms with Gasteiger partial charge in [-0.15, -0.1) is 0 Å². The minimum absolute atomic E-state index is 0.268. The zero-order valence-corrected chi connectivity index (χ0v) is 17.4. The highest BCUT2D eigenvalue weighted by atomic mass is 16.5. The third-order valence-electron chi connectivity index (χ3n) is 5.27. The van der Waals surface area contributed by atoms with Crippen molar-refractivity contribution in [3.05, 3.63) is 78.4 Å². The molecule has 4 aromatic rings. The minimum Gasteiger partial charge on any atom is -0.494 e. The van der Waals surface area contributed by atoms with E-state index in [1.54, 1.807) is 0 Å². The minimum atomic E-state index is 0.268. The second-order valence-corrected chi connectivity index (χ2v) is 7.61. The van der Waals surface area contributed by atoms with Crippen molar-refractivity contribution in [2.75, 3.05) is 13.2 Å². The van der Waals surface area contributed by atoms with E-state index in [-0.39, 0.29) is 6.61 Å². The summed E-state index contributed by atoms with van der Waals surface area (Å²) in [6, 6.07) is 24.9. The molecule has 0 aliphatic rings. The fraction of sp³-hybridized carbons (Fsp3) is 0.269. The second kappa shape index (κ2) is 9.59. The molecule has 4 nitrogen and oxygen atoms in total. The van der Waals surface area contributed by atoms with Crippen LogP contribution in [-0.2, 0) is 0 Å². The van der Waals surface area contributed by atoms with Gasteiger partial charge in [-0.05, 0) is 50.5 Å². The summed E-state index contributed by atoms with van der Waals surface area (Å²) in [6.45, 7) is 3.04. The molecule has 30 heavy (non-hydrogen) atoms. The Balaban J connectivity index is 1.67.